The monoisotopic (exact) mass is 454 g/mol. The fraction of sp³-hybridized carbons (Fsp3) is 0.550. The number of pyridine rings is 1. The molecule has 0 aromatic carbocycles. The van der Waals surface area contributed by atoms with E-state index in [1.807, 2.05) is 34.0 Å². The molecule has 10 heteroatoms. The van der Waals surface area contributed by atoms with Crippen LogP contribution < -0.4 is 20.3 Å². The number of halogens is 1. The second-order valence-corrected chi connectivity index (χ2v) is 8.23. The van der Waals surface area contributed by atoms with Crippen LogP contribution in [-0.4, -0.2) is 61.7 Å². The van der Waals surface area contributed by atoms with E-state index in [1.54, 1.807) is 13.3 Å². The maximum absolute atomic E-state index is 12.0. The molecule has 8 nitrogen and oxygen atoms in total. The smallest absolute Gasteiger partial charge is 0.321 e. The number of carbonyl (C=O) groups excluding carboxylic acids is 1. The van der Waals surface area contributed by atoms with E-state index in [0.29, 0.717) is 29.1 Å². The van der Waals surface area contributed by atoms with Gasteiger partial charge in [-0.15, -0.1) is 0 Å². The molecule has 0 aliphatic carbocycles. The zero-order valence-corrected chi connectivity index (χ0v) is 19.9. The van der Waals surface area contributed by atoms with Crippen LogP contribution in [0.2, 0.25) is 5.15 Å². The van der Waals surface area contributed by atoms with Crippen molar-refractivity contribution in [3.05, 3.63) is 28.0 Å². The topological polar surface area (TPSA) is 82.6 Å². The summed E-state index contributed by atoms with van der Waals surface area (Å²) in [7, 11) is 5.60. The molecule has 2 aromatic heterocycles. The van der Waals surface area contributed by atoms with Gasteiger partial charge in [0, 0.05) is 30.5 Å². The van der Waals surface area contributed by atoms with Gasteiger partial charge in [-0.25, -0.2) is 14.8 Å². The van der Waals surface area contributed by atoms with Gasteiger partial charge in [-0.3, -0.25) is 5.32 Å². The largest absolute Gasteiger partial charge is 0.493 e. The third kappa shape index (κ3) is 6.72. The molecule has 0 fully saturated rings. The lowest BCUT2D eigenvalue weighted by Gasteiger charge is -2.28. The minimum Gasteiger partial charge on any atom is -0.493 e. The highest BCUT2D eigenvalue weighted by atomic mass is 35.5. The molecule has 1 aliphatic heterocycles. The fourth-order valence-electron chi connectivity index (χ4n) is 2.94. The normalized spacial score (nSPS) is 12.7. The van der Waals surface area contributed by atoms with Crippen LogP contribution in [0.1, 0.15) is 30.8 Å². The second kappa shape index (κ2) is 11.9. The van der Waals surface area contributed by atoms with E-state index in [9.17, 15) is 4.79 Å². The second-order valence-electron chi connectivity index (χ2n) is 6.78. The summed E-state index contributed by atoms with van der Waals surface area (Å²) in [6.07, 6.45) is 3.46. The van der Waals surface area contributed by atoms with Gasteiger partial charge in [0.05, 0.1) is 31.2 Å². The summed E-state index contributed by atoms with van der Waals surface area (Å²) < 4.78 is 5.26. The summed E-state index contributed by atoms with van der Waals surface area (Å²) in [6, 6.07) is 1.68. The lowest BCUT2D eigenvalue weighted by Crippen LogP contribution is -2.31. The SMILES string of the molecule is CC.COc1cc(N2CCc3nc(NC(=O)NCCCN(C)C)sc3C2)cnc1Cl. The Morgan fingerprint density at radius 2 is 2.17 bits per heavy atom. The van der Waals surface area contributed by atoms with Gasteiger partial charge in [0.1, 0.15) is 0 Å². The van der Waals surface area contributed by atoms with Crippen molar-refractivity contribution < 1.29 is 9.53 Å². The van der Waals surface area contributed by atoms with Gasteiger partial charge >= 0.3 is 6.03 Å². The molecule has 2 N–H and O–H groups in total. The number of urea groups is 1. The Hall–Kier alpha value is -2.10. The van der Waals surface area contributed by atoms with Crippen molar-refractivity contribution in [2.45, 2.75) is 33.2 Å². The van der Waals surface area contributed by atoms with Crippen LogP contribution in [-0.2, 0) is 13.0 Å². The standard InChI is InChI=1S/C18H25ClN6O2S.C2H6/c1-24(2)7-4-6-20-17(26)23-18-22-13-5-8-25(11-15(13)28-18)12-9-14(27-3)16(19)21-10-12;1-2/h9-10H,4-8,11H2,1-3H3,(H2,20,22,23,26);1-2H3. The van der Waals surface area contributed by atoms with Crippen molar-refractivity contribution in [3.8, 4) is 5.75 Å². The van der Waals surface area contributed by atoms with Crippen LogP contribution >= 0.6 is 22.9 Å². The molecule has 30 heavy (non-hydrogen) atoms. The van der Waals surface area contributed by atoms with Crippen LogP contribution in [0.3, 0.4) is 0 Å². The van der Waals surface area contributed by atoms with Crippen LogP contribution in [0.5, 0.6) is 5.75 Å². The van der Waals surface area contributed by atoms with Gasteiger partial charge in [-0.2, -0.15) is 0 Å². The van der Waals surface area contributed by atoms with Crippen molar-refractivity contribution in [3.63, 3.8) is 0 Å². The number of ether oxygens (including phenoxy) is 1. The van der Waals surface area contributed by atoms with Crippen molar-refractivity contribution in [1.82, 2.24) is 20.2 Å². The maximum atomic E-state index is 12.0. The highest BCUT2D eigenvalue weighted by Gasteiger charge is 2.22. The first-order chi connectivity index (χ1) is 14.5. The lowest BCUT2D eigenvalue weighted by molar-refractivity contribution is 0.251. The number of nitrogens with one attached hydrogen (secondary N) is 2. The molecule has 0 saturated heterocycles. The van der Waals surface area contributed by atoms with Gasteiger partial charge in [-0.1, -0.05) is 36.8 Å². The molecule has 0 atom stereocenters. The molecule has 0 unspecified atom stereocenters. The summed E-state index contributed by atoms with van der Waals surface area (Å²) in [6.45, 7) is 7.10. The molecule has 1 aliphatic rings. The zero-order valence-electron chi connectivity index (χ0n) is 18.3. The Morgan fingerprint density at radius 1 is 1.40 bits per heavy atom. The van der Waals surface area contributed by atoms with Crippen molar-refractivity contribution in [1.29, 1.82) is 0 Å². The Bertz CT molecular complexity index is 830. The minimum absolute atomic E-state index is 0.214. The van der Waals surface area contributed by atoms with E-state index in [1.165, 1.54) is 11.3 Å². The number of aromatic nitrogens is 2. The van der Waals surface area contributed by atoms with E-state index in [4.69, 9.17) is 16.3 Å². The number of carbonyl (C=O) groups is 1. The number of methoxy groups -OCH3 is 1. The summed E-state index contributed by atoms with van der Waals surface area (Å²) in [5, 5.41) is 6.69. The number of nitrogens with zero attached hydrogens (tertiary/aromatic N) is 4. The summed E-state index contributed by atoms with van der Waals surface area (Å²) in [5.74, 6) is 0.558. The first-order valence-corrected chi connectivity index (χ1v) is 11.3. The van der Waals surface area contributed by atoms with Gasteiger partial charge < -0.3 is 19.9 Å². The molecule has 3 rings (SSSR count). The molecule has 0 saturated carbocycles. The van der Waals surface area contributed by atoms with Gasteiger partial charge in [-0.05, 0) is 27.1 Å². The molecular weight excluding hydrogens is 424 g/mol. The number of fused-ring (bicyclic) bond motifs is 1. The number of thiazole rings is 1. The number of anilines is 2. The number of amides is 2. The molecule has 0 spiro atoms. The molecule has 0 radical (unpaired) electrons. The first kappa shape index (κ1) is 24.2. The quantitative estimate of drug-likeness (QED) is 0.488. The number of hydrogen-bond donors (Lipinski definition) is 2. The zero-order chi connectivity index (χ0) is 22.1. The number of hydrogen-bond acceptors (Lipinski definition) is 7. The minimum atomic E-state index is -0.214. The lowest BCUT2D eigenvalue weighted by atomic mass is 10.1. The highest BCUT2D eigenvalue weighted by molar-refractivity contribution is 7.15. The predicted molar refractivity (Wildman–Crippen MR) is 124 cm³/mol. The van der Waals surface area contributed by atoms with E-state index >= 15 is 0 Å². The van der Waals surface area contributed by atoms with Crippen LogP contribution in [0.4, 0.5) is 15.6 Å². The van der Waals surface area contributed by atoms with Gasteiger partial charge in [0.25, 0.3) is 0 Å². The van der Waals surface area contributed by atoms with Crippen LogP contribution in [0.15, 0.2) is 12.3 Å². The molecule has 2 amide bonds. The Labute approximate surface area is 187 Å². The van der Waals surface area contributed by atoms with Gasteiger partial charge in [0.15, 0.2) is 16.0 Å². The third-order valence-corrected chi connectivity index (χ3v) is 5.68. The molecular formula is C20H31ClN6O2S. The first-order valence-electron chi connectivity index (χ1n) is 10.1. The van der Waals surface area contributed by atoms with Crippen molar-refractivity contribution >= 4 is 39.8 Å². The van der Waals surface area contributed by atoms with Crippen LogP contribution in [0, 0.1) is 0 Å². The average Bonchev–Trinajstić information content (AvgIpc) is 3.14. The van der Waals surface area contributed by atoms with Crippen molar-refractivity contribution in [2.75, 3.05) is 51.1 Å². The fourth-order valence-corrected chi connectivity index (χ4v) is 4.14. The third-order valence-electron chi connectivity index (χ3n) is 4.40. The van der Waals surface area contributed by atoms with Crippen molar-refractivity contribution in [2.24, 2.45) is 0 Å². The Morgan fingerprint density at radius 3 is 2.87 bits per heavy atom. The summed E-state index contributed by atoms with van der Waals surface area (Å²) in [4.78, 5) is 26.2. The van der Waals surface area contributed by atoms with E-state index < -0.39 is 0 Å². The molecule has 166 valence electrons. The summed E-state index contributed by atoms with van der Waals surface area (Å²) >= 11 is 7.53. The van der Waals surface area contributed by atoms with E-state index in [0.717, 1.165) is 42.2 Å². The Kier molecular flexibility index (Phi) is 9.61. The predicted octanol–water partition coefficient (Wildman–Crippen LogP) is 3.86. The molecule has 3 heterocycles. The van der Waals surface area contributed by atoms with Crippen LogP contribution in [0.25, 0.3) is 0 Å². The number of rotatable bonds is 7. The highest BCUT2D eigenvalue weighted by Crippen LogP contribution is 2.33. The molecule has 2 aromatic rings. The Balaban J connectivity index is 0.00000155. The molecule has 0 bridgehead atoms. The van der Waals surface area contributed by atoms with Gasteiger partial charge in [0.2, 0.25) is 0 Å². The maximum Gasteiger partial charge on any atom is 0.321 e. The average molecular weight is 455 g/mol. The van der Waals surface area contributed by atoms with E-state index in [2.05, 4.69) is 30.4 Å². The summed E-state index contributed by atoms with van der Waals surface area (Å²) in [5.41, 5.74) is 1.99. The van der Waals surface area contributed by atoms with E-state index in [-0.39, 0.29) is 6.03 Å².